The maximum Gasteiger partial charge on any atom is 0.247 e. The molecule has 9 atom stereocenters. The molecule has 2 aromatic heterocycles. The van der Waals surface area contributed by atoms with Crippen LogP contribution in [-0.4, -0.2) is 38.6 Å². The number of nitrogens with zero attached hydrogens (tertiary/aromatic N) is 3. The second kappa shape index (κ2) is 5.14. The number of amides is 1. The number of H-pyrrole nitrogens is 1. The molecule has 3 aromatic rings. The molecule has 1 amide bonds. The van der Waals surface area contributed by atoms with E-state index in [1.54, 1.807) is 0 Å². The van der Waals surface area contributed by atoms with Gasteiger partial charge in [0.2, 0.25) is 17.7 Å². The Balaban J connectivity index is 0.782. The first-order chi connectivity index (χ1) is 16.2. The van der Waals surface area contributed by atoms with Crippen molar-refractivity contribution in [2.24, 2.45) is 46.3 Å². The van der Waals surface area contributed by atoms with Crippen LogP contribution in [0.3, 0.4) is 0 Å². The molecule has 0 radical (unpaired) electrons. The van der Waals surface area contributed by atoms with Crippen molar-refractivity contribution in [2.45, 2.75) is 19.3 Å². The van der Waals surface area contributed by atoms with Gasteiger partial charge in [-0.05, 0) is 57.5 Å². The van der Waals surface area contributed by atoms with Gasteiger partial charge in [0.15, 0.2) is 11.2 Å². The Kier molecular flexibility index (Phi) is 2.69. The molecule has 0 saturated heterocycles. The zero-order valence-electron chi connectivity index (χ0n) is 17.7. The Morgan fingerprint density at radius 2 is 1.88 bits per heavy atom. The first-order valence-corrected chi connectivity index (χ1v) is 11.7. The van der Waals surface area contributed by atoms with Crippen LogP contribution in [0.1, 0.15) is 11.1 Å². The van der Waals surface area contributed by atoms with Crippen LogP contribution in [0.2, 0.25) is 0 Å². The number of aromatic amines is 1. The van der Waals surface area contributed by atoms with Gasteiger partial charge in [-0.3, -0.25) is 4.79 Å². The predicted octanol–water partition coefficient (Wildman–Crippen LogP) is 1.27. The molecule has 166 valence electrons. The van der Waals surface area contributed by atoms with E-state index in [1.165, 1.54) is 6.33 Å². The number of anilines is 1. The second-order valence-corrected chi connectivity index (χ2v) is 10.7. The summed E-state index contributed by atoms with van der Waals surface area (Å²) in [6.07, 6.45) is 1.91. The molecule has 0 aliphatic heterocycles. The molecule has 2 spiro atoms. The average molecular weight is 442 g/mol. The summed E-state index contributed by atoms with van der Waals surface area (Å²) in [5.41, 5.74) is 10.4. The van der Waals surface area contributed by atoms with Gasteiger partial charge in [-0.1, -0.05) is 24.3 Å². The van der Waals surface area contributed by atoms with E-state index < -0.39 is 0 Å². The van der Waals surface area contributed by atoms with E-state index in [0.717, 1.165) is 57.5 Å². The summed E-state index contributed by atoms with van der Waals surface area (Å²) in [6.45, 7) is 1.00. The quantitative estimate of drug-likeness (QED) is 0.479. The number of imidazole rings is 1. The first kappa shape index (κ1) is 17.3. The average Bonchev–Trinajstić information content (AvgIpc) is 3.27. The van der Waals surface area contributed by atoms with E-state index in [1.807, 2.05) is 24.3 Å². The van der Waals surface area contributed by atoms with Crippen molar-refractivity contribution in [3.05, 3.63) is 41.7 Å². The number of nitrogens with one attached hydrogen (secondary N) is 2. The standard InChI is InChI=1S/C24H22N6O3/c25-22-29-20-16(27-8-28-20)21(30-22)33-6-10-3-1-9(2-4-10)5-26-11(31)7-32-17-13-14-12-15(17)24-18(12)23(14,24)19(13)24/h1-4,8,12-15,17-19H,5-7H2,(H,26,31)(H3,25,27,28,29,30)/t12?,13-,14?,15?,17?,18?,19?,23?,24?/m0/s1. The molecule has 33 heavy (non-hydrogen) atoms. The fraction of sp³-hybridized carbons (Fsp3) is 0.500. The van der Waals surface area contributed by atoms with E-state index in [2.05, 4.69) is 25.3 Å². The lowest BCUT2D eigenvalue weighted by Crippen LogP contribution is -2.58. The summed E-state index contributed by atoms with van der Waals surface area (Å²) in [5.74, 6) is 6.14. The number of nitrogen functional groups attached to an aromatic ring is 1. The number of ether oxygens (including phenoxy) is 2. The zero-order valence-corrected chi connectivity index (χ0v) is 17.7. The molecule has 1 aromatic carbocycles. The topological polar surface area (TPSA) is 128 Å². The minimum atomic E-state index is -0.0305. The number of hydrogen-bond acceptors (Lipinski definition) is 7. The third-order valence-electron chi connectivity index (χ3n) is 10.1. The monoisotopic (exact) mass is 442 g/mol. The Labute approximate surface area is 188 Å². The van der Waals surface area contributed by atoms with Crippen molar-refractivity contribution >= 4 is 23.0 Å². The molecular formula is C24H22N6O3. The summed E-state index contributed by atoms with van der Waals surface area (Å²) in [7, 11) is 0. The van der Waals surface area contributed by atoms with E-state index in [-0.39, 0.29) is 18.5 Å². The summed E-state index contributed by atoms with van der Waals surface area (Å²) in [6, 6.07) is 7.92. The van der Waals surface area contributed by atoms with Gasteiger partial charge in [-0.25, -0.2) is 4.98 Å². The van der Waals surface area contributed by atoms with Crippen LogP contribution in [0, 0.1) is 46.3 Å². The Bertz CT molecular complexity index is 1390. The van der Waals surface area contributed by atoms with Crippen molar-refractivity contribution in [1.29, 1.82) is 0 Å². The first-order valence-electron chi connectivity index (χ1n) is 11.7. The summed E-state index contributed by atoms with van der Waals surface area (Å²) >= 11 is 0. The molecule has 2 bridgehead atoms. The fourth-order valence-corrected chi connectivity index (χ4v) is 9.47. The SMILES string of the molecule is Nc1nc(OCc2ccc(CNC(=O)COC3C4C5C6[C@@H]3C3C47C5C637)cc2)c2nc[nH]c2n1. The van der Waals surface area contributed by atoms with Crippen LogP contribution in [-0.2, 0) is 22.7 Å². The Morgan fingerprint density at radius 3 is 2.64 bits per heavy atom. The smallest absolute Gasteiger partial charge is 0.247 e. The van der Waals surface area contributed by atoms with Gasteiger partial charge in [0.05, 0.1) is 12.4 Å². The molecule has 9 nitrogen and oxygen atoms in total. The van der Waals surface area contributed by atoms with Gasteiger partial charge in [-0.2, -0.15) is 9.97 Å². The highest BCUT2D eigenvalue weighted by Gasteiger charge is 3.25. The molecular weight excluding hydrogens is 420 g/mol. The molecule has 7 fully saturated rings. The van der Waals surface area contributed by atoms with Crippen LogP contribution in [0.25, 0.3) is 11.2 Å². The lowest BCUT2D eigenvalue weighted by Gasteiger charge is -2.59. The summed E-state index contributed by atoms with van der Waals surface area (Å²) < 4.78 is 11.9. The molecule has 8 unspecified atom stereocenters. The van der Waals surface area contributed by atoms with E-state index >= 15 is 0 Å². The van der Waals surface area contributed by atoms with Crippen molar-refractivity contribution in [3.8, 4) is 5.88 Å². The third-order valence-corrected chi connectivity index (χ3v) is 10.1. The van der Waals surface area contributed by atoms with E-state index in [0.29, 0.717) is 36.3 Å². The van der Waals surface area contributed by atoms with Crippen molar-refractivity contribution in [3.63, 3.8) is 0 Å². The van der Waals surface area contributed by atoms with E-state index in [4.69, 9.17) is 15.2 Å². The minimum absolute atomic E-state index is 0.0305. The summed E-state index contributed by atoms with van der Waals surface area (Å²) in [4.78, 5) is 27.6. The molecule has 4 N–H and O–H groups in total. The maximum atomic E-state index is 12.4. The Morgan fingerprint density at radius 1 is 1.09 bits per heavy atom. The Hall–Kier alpha value is -3.20. The number of nitrogens with two attached hydrogens (primary N) is 1. The highest BCUT2D eigenvalue weighted by atomic mass is 16.5. The van der Waals surface area contributed by atoms with Crippen molar-refractivity contribution < 1.29 is 14.3 Å². The lowest BCUT2D eigenvalue weighted by atomic mass is 9.44. The predicted molar refractivity (Wildman–Crippen MR) is 114 cm³/mol. The number of benzene rings is 1. The normalized spacial score (nSPS) is 42.6. The van der Waals surface area contributed by atoms with Gasteiger partial charge in [0, 0.05) is 6.54 Å². The molecule has 7 aliphatic carbocycles. The zero-order chi connectivity index (χ0) is 21.7. The highest BCUT2D eigenvalue weighted by molar-refractivity contribution is 5.78. The summed E-state index contributed by atoms with van der Waals surface area (Å²) in [5, 5.41) is 2.99. The van der Waals surface area contributed by atoms with Crippen LogP contribution in [0.15, 0.2) is 30.6 Å². The molecule has 2 heterocycles. The number of rotatable bonds is 8. The van der Waals surface area contributed by atoms with Gasteiger partial charge in [0.25, 0.3) is 0 Å². The number of fused-ring (bicyclic) bond motifs is 1. The molecule has 7 saturated carbocycles. The molecule has 7 aliphatic rings. The van der Waals surface area contributed by atoms with Crippen molar-refractivity contribution in [2.75, 3.05) is 12.3 Å². The van der Waals surface area contributed by atoms with Gasteiger partial charge in [-0.15, -0.1) is 0 Å². The number of carbonyl (C=O) groups excluding carboxylic acids is 1. The van der Waals surface area contributed by atoms with Crippen LogP contribution in [0.5, 0.6) is 5.88 Å². The van der Waals surface area contributed by atoms with E-state index in [9.17, 15) is 4.79 Å². The maximum absolute atomic E-state index is 12.4. The van der Waals surface area contributed by atoms with Crippen LogP contribution in [0.4, 0.5) is 5.95 Å². The second-order valence-electron chi connectivity index (χ2n) is 10.7. The van der Waals surface area contributed by atoms with Crippen LogP contribution >= 0.6 is 0 Å². The molecule has 10 rings (SSSR count). The number of carbonyl (C=O) groups is 1. The van der Waals surface area contributed by atoms with Gasteiger partial charge < -0.3 is 25.5 Å². The third kappa shape index (κ3) is 1.63. The van der Waals surface area contributed by atoms with Crippen molar-refractivity contribution in [1.82, 2.24) is 25.3 Å². The molecule has 9 heteroatoms. The number of aromatic nitrogens is 4. The largest absolute Gasteiger partial charge is 0.471 e. The fourth-order valence-electron chi connectivity index (χ4n) is 9.47. The number of hydrogen-bond donors (Lipinski definition) is 3. The van der Waals surface area contributed by atoms with Crippen LogP contribution < -0.4 is 15.8 Å². The van der Waals surface area contributed by atoms with Gasteiger partial charge in [0.1, 0.15) is 13.2 Å². The van der Waals surface area contributed by atoms with Gasteiger partial charge >= 0.3 is 0 Å². The minimum Gasteiger partial charge on any atom is -0.471 e. The lowest BCUT2D eigenvalue weighted by molar-refractivity contribution is -0.144. The highest BCUT2D eigenvalue weighted by Crippen LogP contribution is 3.26.